The maximum Gasteiger partial charge on any atom is 0.325 e. The number of hydrogen-bond acceptors (Lipinski definition) is 7. The molecule has 8 nitrogen and oxygen atoms in total. The Labute approximate surface area is 188 Å². The Morgan fingerprint density at radius 1 is 0.844 bits per heavy atom. The standard InChI is InChI=1S/C24H29NO7/c1-5-32-19-8-6-18(7-9-19)22(26)10-11-23(27)25(16-24(28)31-4)15-17-12-20(29-2)14-21(13-17)30-3/h6-9,12-14H,5,10-11,15-16H2,1-4H3. The maximum absolute atomic E-state index is 12.9. The fraction of sp³-hybridized carbons (Fsp3) is 0.375. The first-order valence-electron chi connectivity index (χ1n) is 10.2. The smallest absolute Gasteiger partial charge is 0.325 e. The van der Waals surface area contributed by atoms with E-state index in [2.05, 4.69) is 0 Å². The highest BCUT2D eigenvalue weighted by molar-refractivity contribution is 5.98. The molecule has 0 saturated heterocycles. The summed E-state index contributed by atoms with van der Waals surface area (Å²) in [6, 6.07) is 12.0. The molecule has 0 aromatic heterocycles. The number of ketones is 1. The van der Waals surface area contributed by atoms with Crippen LogP contribution in [0.25, 0.3) is 0 Å². The van der Waals surface area contributed by atoms with Crippen molar-refractivity contribution in [3.05, 3.63) is 53.6 Å². The van der Waals surface area contributed by atoms with Gasteiger partial charge in [-0.1, -0.05) is 0 Å². The van der Waals surface area contributed by atoms with Crippen LogP contribution in [0.4, 0.5) is 0 Å². The SMILES string of the molecule is CCOc1ccc(C(=O)CCC(=O)N(CC(=O)OC)Cc2cc(OC)cc(OC)c2)cc1. The Kier molecular flexibility index (Phi) is 9.53. The summed E-state index contributed by atoms with van der Waals surface area (Å²) in [5, 5.41) is 0. The molecule has 0 aliphatic rings. The minimum atomic E-state index is -0.550. The predicted molar refractivity (Wildman–Crippen MR) is 118 cm³/mol. The van der Waals surface area contributed by atoms with Crippen molar-refractivity contribution in [2.45, 2.75) is 26.3 Å². The number of carbonyl (C=O) groups is 3. The molecular weight excluding hydrogens is 414 g/mol. The lowest BCUT2D eigenvalue weighted by atomic mass is 10.1. The quantitative estimate of drug-likeness (QED) is 0.367. The minimum Gasteiger partial charge on any atom is -0.497 e. The van der Waals surface area contributed by atoms with Crippen LogP contribution >= 0.6 is 0 Å². The lowest BCUT2D eigenvalue weighted by Gasteiger charge is -2.22. The number of ether oxygens (including phenoxy) is 4. The molecule has 0 N–H and O–H groups in total. The van der Waals surface area contributed by atoms with E-state index in [0.717, 1.165) is 5.56 Å². The molecule has 2 aromatic carbocycles. The number of hydrogen-bond donors (Lipinski definition) is 0. The van der Waals surface area contributed by atoms with Crippen LogP contribution in [0.2, 0.25) is 0 Å². The predicted octanol–water partition coefficient (Wildman–Crippen LogP) is 3.27. The molecule has 2 rings (SSSR count). The van der Waals surface area contributed by atoms with Gasteiger partial charge in [0.2, 0.25) is 5.91 Å². The van der Waals surface area contributed by atoms with Gasteiger partial charge in [0.25, 0.3) is 0 Å². The Bertz CT molecular complexity index is 902. The van der Waals surface area contributed by atoms with Crippen molar-refractivity contribution in [2.24, 2.45) is 0 Å². The summed E-state index contributed by atoms with van der Waals surface area (Å²) in [4.78, 5) is 38.6. The normalized spacial score (nSPS) is 10.2. The summed E-state index contributed by atoms with van der Waals surface area (Å²) in [5.74, 6) is 0.758. The summed E-state index contributed by atoms with van der Waals surface area (Å²) >= 11 is 0. The summed E-state index contributed by atoms with van der Waals surface area (Å²) < 4.78 is 20.6. The van der Waals surface area contributed by atoms with Crippen LogP contribution in [0.3, 0.4) is 0 Å². The van der Waals surface area contributed by atoms with Crippen molar-refractivity contribution in [3.63, 3.8) is 0 Å². The highest BCUT2D eigenvalue weighted by Crippen LogP contribution is 2.24. The number of nitrogens with zero attached hydrogens (tertiary/aromatic N) is 1. The van der Waals surface area contributed by atoms with Crippen LogP contribution in [-0.4, -0.2) is 57.0 Å². The van der Waals surface area contributed by atoms with Gasteiger partial charge in [-0.3, -0.25) is 14.4 Å². The van der Waals surface area contributed by atoms with Crippen molar-refractivity contribution in [2.75, 3.05) is 34.5 Å². The molecule has 32 heavy (non-hydrogen) atoms. The van der Waals surface area contributed by atoms with E-state index in [0.29, 0.717) is 29.4 Å². The van der Waals surface area contributed by atoms with Crippen molar-refractivity contribution in [1.82, 2.24) is 4.90 Å². The van der Waals surface area contributed by atoms with E-state index >= 15 is 0 Å². The average molecular weight is 443 g/mol. The van der Waals surface area contributed by atoms with Crippen molar-refractivity contribution >= 4 is 17.7 Å². The number of esters is 1. The van der Waals surface area contributed by atoms with Crippen LogP contribution in [0.1, 0.15) is 35.7 Å². The van der Waals surface area contributed by atoms with Crippen LogP contribution in [0, 0.1) is 0 Å². The molecule has 0 fully saturated rings. The van der Waals surface area contributed by atoms with E-state index in [-0.39, 0.29) is 37.6 Å². The third-order valence-corrected chi connectivity index (χ3v) is 4.74. The zero-order valence-corrected chi connectivity index (χ0v) is 18.9. The molecule has 0 bridgehead atoms. The minimum absolute atomic E-state index is 0.0198. The second kappa shape index (κ2) is 12.3. The summed E-state index contributed by atoms with van der Waals surface area (Å²) in [6.45, 7) is 2.33. The zero-order chi connectivity index (χ0) is 23.5. The molecule has 0 aliphatic carbocycles. The van der Waals surface area contributed by atoms with Crippen molar-refractivity contribution < 1.29 is 33.3 Å². The zero-order valence-electron chi connectivity index (χ0n) is 18.9. The number of benzene rings is 2. The molecule has 0 atom stereocenters. The summed E-state index contributed by atoms with van der Waals surface area (Å²) in [7, 11) is 4.32. The molecular formula is C24H29NO7. The second-order valence-corrected chi connectivity index (χ2v) is 6.93. The third kappa shape index (κ3) is 7.30. The first-order chi connectivity index (χ1) is 15.4. The van der Waals surface area contributed by atoms with Gasteiger partial charge in [0.1, 0.15) is 23.8 Å². The second-order valence-electron chi connectivity index (χ2n) is 6.93. The van der Waals surface area contributed by atoms with Crippen LogP contribution in [0.15, 0.2) is 42.5 Å². The summed E-state index contributed by atoms with van der Waals surface area (Å²) in [6.07, 6.45) is -0.0178. The topological polar surface area (TPSA) is 91.4 Å². The number of Topliss-reactive ketones (excluding diaryl/α,β-unsaturated/α-hetero) is 1. The van der Waals surface area contributed by atoms with Gasteiger partial charge in [-0.2, -0.15) is 0 Å². The van der Waals surface area contributed by atoms with E-state index < -0.39 is 5.97 Å². The Morgan fingerprint density at radius 2 is 1.47 bits per heavy atom. The summed E-state index contributed by atoms with van der Waals surface area (Å²) in [5.41, 5.74) is 1.22. The lowest BCUT2D eigenvalue weighted by Crippen LogP contribution is -2.36. The van der Waals surface area contributed by atoms with E-state index in [1.165, 1.54) is 26.2 Å². The van der Waals surface area contributed by atoms with Gasteiger partial charge in [0.05, 0.1) is 27.9 Å². The third-order valence-electron chi connectivity index (χ3n) is 4.74. The monoisotopic (exact) mass is 443 g/mol. The Balaban J connectivity index is 2.08. The number of rotatable bonds is 12. The van der Waals surface area contributed by atoms with Gasteiger partial charge in [-0.15, -0.1) is 0 Å². The molecule has 0 aliphatic heterocycles. The molecule has 0 spiro atoms. The average Bonchev–Trinajstić information content (AvgIpc) is 2.82. The number of methoxy groups -OCH3 is 3. The highest BCUT2D eigenvalue weighted by atomic mass is 16.5. The lowest BCUT2D eigenvalue weighted by molar-refractivity contribution is -0.147. The van der Waals surface area contributed by atoms with Gasteiger partial charge in [0.15, 0.2) is 5.78 Å². The fourth-order valence-electron chi connectivity index (χ4n) is 3.06. The molecule has 2 aromatic rings. The Hall–Kier alpha value is -3.55. The molecule has 0 heterocycles. The first kappa shape index (κ1) is 24.7. The molecule has 0 unspecified atom stereocenters. The van der Waals surface area contributed by atoms with Crippen molar-refractivity contribution in [3.8, 4) is 17.2 Å². The molecule has 0 radical (unpaired) electrons. The van der Waals surface area contributed by atoms with Gasteiger partial charge in [-0.05, 0) is 48.9 Å². The fourth-order valence-corrected chi connectivity index (χ4v) is 3.06. The molecule has 8 heteroatoms. The van der Waals surface area contributed by atoms with Gasteiger partial charge >= 0.3 is 5.97 Å². The van der Waals surface area contributed by atoms with Crippen LogP contribution in [-0.2, 0) is 20.9 Å². The van der Waals surface area contributed by atoms with Crippen LogP contribution < -0.4 is 14.2 Å². The molecule has 1 amide bonds. The van der Waals surface area contributed by atoms with Crippen molar-refractivity contribution in [1.29, 1.82) is 0 Å². The number of amides is 1. The maximum atomic E-state index is 12.9. The van der Waals surface area contributed by atoms with Crippen LogP contribution in [0.5, 0.6) is 17.2 Å². The largest absolute Gasteiger partial charge is 0.497 e. The van der Waals surface area contributed by atoms with E-state index in [4.69, 9.17) is 18.9 Å². The molecule has 0 saturated carbocycles. The van der Waals surface area contributed by atoms with Gasteiger partial charge < -0.3 is 23.8 Å². The van der Waals surface area contributed by atoms with E-state index in [1.54, 1.807) is 42.5 Å². The van der Waals surface area contributed by atoms with Gasteiger partial charge in [0, 0.05) is 31.0 Å². The highest BCUT2D eigenvalue weighted by Gasteiger charge is 2.20. The van der Waals surface area contributed by atoms with Gasteiger partial charge in [-0.25, -0.2) is 0 Å². The first-order valence-corrected chi connectivity index (χ1v) is 10.2. The number of carbonyl (C=O) groups excluding carboxylic acids is 3. The molecule has 172 valence electrons. The van der Waals surface area contributed by atoms with E-state index in [1.807, 2.05) is 6.92 Å². The van der Waals surface area contributed by atoms with E-state index in [9.17, 15) is 14.4 Å². The Morgan fingerprint density at radius 3 is 2.00 bits per heavy atom.